The highest BCUT2D eigenvalue weighted by Crippen LogP contribution is 2.27. The van der Waals surface area contributed by atoms with Gasteiger partial charge < -0.3 is 20.4 Å². The molecule has 2 aromatic carbocycles. The maximum atomic E-state index is 13.0. The van der Waals surface area contributed by atoms with Gasteiger partial charge in [0, 0.05) is 37.4 Å². The van der Waals surface area contributed by atoms with Gasteiger partial charge in [0.1, 0.15) is 0 Å². The summed E-state index contributed by atoms with van der Waals surface area (Å²) >= 11 is 0. The number of carbonyl (C=O) groups is 2. The number of amides is 2. The number of aryl methyl sites for hydroxylation is 1. The molecule has 166 valence electrons. The highest BCUT2D eigenvalue weighted by molar-refractivity contribution is 6.02. The van der Waals surface area contributed by atoms with Gasteiger partial charge >= 0.3 is 0 Å². The molecule has 0 aromatic heterocycles. The van der Waals surface area contributed by atoms with Crippen molar-refractivity contribution in [3.8, 4) is 0 Å². The van der Waals surface area contributed by atoms with Crippen molar-refractivity contribution in [1.82, 2.24) is 10.2 Å². The lowest BCUT2D eigenvalue weighted by Gasteiger charge is -2.22. The van der Waals surface area contributed by atoms with Crippen molar-refractivity contribution >= 4 is 23.2 Å². The average Bonchev–Trinajstić information content (AvgIpc) is 3.30. The summed E-state index contributed by atoms with van der Waals surface area (Å²) < 4.78 is 0. The molecule has 6 nitrogen and oxygen atoms in total. The average molecular weight is 423 g/mol. The van der Waals surface area contributed by atoms with E-state index in [1.807, 2.05) is 62.6 Å². The van der Waals surface area contributed by atoms with Crippen LogP contribution in [0.15, 0.2) is 48.5 Å². The molecule has 1 fully saturated rings. The quantitative estimate of drug-likeness (QED) is 0.575. The molecule has 6 heteroatoms. The summed E-state index contributed by atoms with van der Waals surface area (Å²) in [5.74, 6) is -0.129. The lowest BCUT2D eigenvalue weighted by molar-refractivity contribution is -0.116. The summed E-state index contributed by atoms with van der Waals surface area (Å²) in [5, 5.41) is 6.00. The van der Waals surface area contributed by atoms with Crippen molar-refractivity contribution < 1.29 is 9.59 Å². The summed E-state index contributed by atoms with van der Waals surface area (Å²) in [7, 11) is 4.05. The minimum atomic E-state index is -0.0824. The first-order valence-electron chi connectivity index (χ1n) is 11.2. The Labute approximate surface area is 185 Å². The van der Waals surface area contributed by atoms with Crippen LogP contribution in [-0.2, 0) is 11.2 Å². The molecule has 0 atom stereocenters. The number of benzene rings is 2. The van der Waals surface area contributed by atoms with Crippen LogP contribution in [0.3, 0.4) is 0 Å². The molecule has 31 heavy (non-hydrogen) atoms. The smallest absolute Gasteiger partial charge is 0.253 e. The van der Waals surface area contributed by atoms with E-state index in [1.54, 1.807) is 0 Å². The van der Waals surface area contributed by atoms with Gasteiger partial charge in [-0.2, -0.15) is 0 Å². The van der Waals surface area contributed by atoms with Crippen molar-refractivity contribution in [2.75, 3.05) is 50.5 Å². The van der Waals surface area contributed by atoms with Crippen LogP contribution >= 0.6 is 0 Å². The first-order valence-corrected chi connectivity index (χ1v) is 11.2. The lowest BCUT2D eigenvalue weighted by Crippen LogP contribution is -2.29. The Hall–Kier alpha value is -2.86. The first-order chi connectivity index (χ1) is 15.0. The molecule has 0 spiro atoms. The van der Waals surface area contributed by atoms with Gasteiger partial charge in [0.15, 0.2) is 0 Å². The molecule has 2 N–H and O–H groups in total. The van der Waals surface area contributed by atoms with E-state index in [-0.39, 0.29) is 11.8 Å². The molecule has 0 saturated carbocycles. The van der Waals surface area contributed by atoms with E-state index < -0.39 is 0 Å². The second-order valence-electron chi connectivity index (χ2n) is 8.37. The number of nitrogens with zero attached hydrogens (tertiary/aromatic N) is 2. The molecule has 1 aliphatic heterocycles. The molecule has 0 unspecified atom stereocenters. The van der Waals surface area contributed by atoms with E-state index in [2.05, 4.69) is 20.4 Å². The van der Waals surface area contributed by atoms with Crippen LogP contribution in [0.2, 0.25) is 0 Å². The molecule has 2 aromatic rings. The third-order valence-electron chi connectivity index (χ3n) is 5.52. The number of carbonyl (C=O) groups excluding carboxylic acids is 2. The Kier molecular flexibility index (Phi) is 8.47. The monoisotopic (exact) mass is 422 g/mol. The zero-order valence-electron chi connectivity index (χ0n) is 18.7. The predicted molar refractivity (Wildman–Crippen MR) is 127 cm³/mol. The third-order valence-corrected chi connectivity index (χ3v) is 5.52. The van der Waals surface area contributed by atoms with E-state index in [4.69, 9.17) is 0 Å². The Morgan fingerprint density at radius 2 is 1.77 bits per heavy atom. The van der Waals surface area contributed by atoms with Crippen LogP contribution in [0.5, 0.6) is 0 Å². The predicted octanol–water partition coefficient (Wildman–Crippen LogP) is 3.54. The molecule has 1 heterocycles. The second kappa shape index (κ2) is 11.5. The second-order valence-corrected chi connectivity index (χ2v) is 8.37. The maximum Gasteiger partial charge on any atom is 0.253 e. The van der Waals surface area contributed by atoms with Crippen molar-refractivity contribution in [3.05, 3.63) is 59.7 Å². The van der Waals surface area contributed by atoms with E-state index >= 15 is 0 Å². The summed E-state index contributed by atoms with van der Waals surface area (Å²) in [5.41, 5.74) is 3.39. The Morgan fingerprint density at radius 1 is 1.03 bits per heavy atom. The largest absolute Gasteiger partial charge is 0.371 e. The third kappa shape index (κ3) is 7.10. The van der Waals surface area contributed by atoms with Gasteiger partial charge in [0.25, 0.3) is 5.91 Å². The molecular formula is C25H34N4O2. The van der Waals surface area contributed by atoms with Crippen molar-refractivity contribution in [2.24, 2.45) is 0 Å². The number of rotatable bonds is 10. The number of nitrogens with one attached hydrogen (secondary N) is 2. The number of hydrogen-bond donors (Lipinski definition) is 2. The Bertz CT molecular complexity index is 861. The molecule has 3 rings (SSSR count). The Morgan fingerprint density at radius 3 is 2.48 bits per heavy atom. The van der Waals surface area contributed by atoms with E-state index in [1.165, 1.54) is 0 Å². The van der Waals surface area contributed by atoms with Gasteiger partial charge in [-0.3, -0.25) is 9.59 Å². The van der Waals surface area contributed by atoms with E-state index in [0.29, 0.717) is 30.6 Å². The minimum Gasteiger partial charge on any atom is -0.371 e. The molecule has 0 radical (unpaired) electrons. The molecule has 2 amide bonds. The standard InChI is InChI=1S/C25H34N4O2/c1-28(2)16-8-15-26-25(31)22-19-21(12-13-23(22)29-17-6-7-18-29)27-24(30)14-11-20-9-4-3-5-10-20/h3-5,9-10,12-13,19H,6-8,11,14-18H2,1-2H3,(H,26,31)(H,27,30). The fourth-order valence-electron chi connectivity index (χ4n) is 3.85. The van der Waals surface area contributed by atoms with Gasteiger partial charge in [0.2, 0.25) is 5.91 Å². The fraction of sp³-hybridized carbons (Fsp3) is 0.440. The van der Waals surface area contributed by atoms with E-state index in [0.717, 1.165) is 50.1 Å². The molecular weight excluding hydrogens is 388 g/mol. The summed E-state index contributed by atoms with van der Waals surface area (Å²) in [6, 6.07) is 15.7. The summed E-state index contributed by atoms with van der Waals surface area (Å²) in [4.78, 5) is 29.8. The highest BCUT2D eigenvalue weighted by Gasteiger charge is 2.20. The molecule has 1 saturated heterocycles. The maximum absolute atomic E-state index is 13.0. The fourth-order valence-corrected chi connectivity index (χ4v) is 3.85. The van der Waals surface area contributed by atoms with Crippen molar-refractivity contribution in [3.63, 3.8) is 0 Å². The van der Waals surface area contributed by atoms with Crippen LogP contribution in [0.4, 0.5) is 11.4 Å². The topological polar surface area (TPSA) is 64.7 Å². The molecule has 0 aliphatic carbocycles. The van der Waals surface area contributed by atoms with Gasteiger partial charge in [0.05, 0.1) is 5.56 Å². The highest BCUT2D eigenvalue weighted by atomic mass is 16.2. The van der Waals surface area contributed by atoms with Gasteiger partial charge in [-0.05, 0) is 70.1 Å². The SMILES string of the molecule is CN(C)CCCNC(=O)c1cc(NC(=O)CCc2ccccc2)ccc1N1CCCC1. The molecule has 0 bridgehead atoms. The van der Waals surface area contributed by atoms with Crippen LogP contribution in [0, 0.1) is 0 Å². The van der Waals surface area contributed by atoms with Crippen LogP contribution in [0.1, 0.15) is 41.6 Å². The summed E-state index contributed by atoms with van der Waals surface area (Å²) in [6.45, 7) is 3.48. The van der Waals surface area contributed by atoms with E-state index in [9.17, 15) is 9.59 Å². The Balaban J connectivity index is 1.65. The number of anilines is 2. The van der Waals surface area contributed by atoms with Crippen molar-refractivity contribution in [1.29, 1.82) is 0 Å². The normalized spacial score (nSPS) is 13.5. The first kappa shape index (κ1) is 22.8. The van der Waals surface area contributed by atoms with Crippen molar-refractivity contribution in [2.45, 2.75) is 32.1 Å². The lowest BCUT2D eigenvalue weighted by atomic mass is 10.1. The van der Waals surface area contributed by atoms with Crippen LogP contribution in [0.25, 0.3) is 0 Å². The van der Waals surface area contributed by atoms with Crippen LogP contribution in [-0.4, -0.2) is 57.0 Å². The molecule has 1 aliphatic rings. The minimum absolute atomic E-state index is 0.0462. The zero-order valence-corrected chi connectivity index (χ0v) is 18.7. The van der Waals surface area contributed by atoms with Gasteiger partial charge in [-0.25, -0.2) is 0 Å². The van der Waals surface area contributed by atoms with Gasteiger partial charge in [-0.1, -0.05) is 30.3 Å². The summed E-state index contributed by atoms with van der Waals surface area (Å²) in [6.07, 6.45) is 4.28. The number of hydrogen-bond acceptors (Lipinski definition) is 4. The van der Waals surface area contributed by atoms with Crippen LogP contribution < -0.4 is 15.5 Å². The van der Waals surface area contributed by atoms with Gasteiger partial charge in [-0.15, -0.1) is 0 Å². The zero-order chi connectivity index (χ0) is 22.1.